The van der Waals surface area contributed by atoms with Gasteiger partial charge in [0.05, 0.1) is 11.9 Å². The Bertz CT molecular complexity index is 545. The van der Waals surface area contributed by atoms with Gasteiger partial charge >= 0.3 is 0 Å². The van der Waals surface area contributed by atoms with Crippen LogP contribution in [0.1, 0.15) is 25.1 Å². The van der Waals surface area contributed by atoms with Crippen LogP contribution >= 0.6 is 0 Å². The van der Waals surface area contributed by atoms with E-state index in [1.165, 1.54) is 0 Å². The van der Waals surface area contributed by atoms with Crippen LogP contribution in [0, 0.1) is 6.92 Å². The van der Waals surface area contributed by atoms with Crippen molar-refractivity contribution in [2.75, 3.05) is 5.32 Å². The Labute approximate surface area is 112 Å². The fourth-order valence-corrected chi connectivity index (χ4v) is 2.62. The number of anilines is 1. The first kappa shape index (κ1) is 12.2. The highest BCUT2D eigenvalue weighted by Gasteiger charge is 2.21. The molecule has 19 heavy (non-hydrogen) atoms. The molecule has 5 nitrogen and oxygen atoms in total. The van der Waals surface area contributed by atoms with Crippen molar-refractivity contribution in [3.8, 4) is 5.82 Å². The van der Waals surface area contributed by atoms with Crippen molar-refractivity contribution in [2.45, 2.75) is 38.3 Å². The van der Waals surface area contributed by atoms with E-state index in [0.717, 1.165) is 36.6 Å². The van der Waals surface area contributed by atoms with E-state index in [1.54, 1.807) is 6.20 Å². The molecular weight excluding hydrogens is 238 g/mol. The Morgan fingerprint density at radius 1 is 1.32 bits per heavy atom. The highest BCUT2D eigenvalue weighted by Crippen LogP contribution is 2.21. The first-order valence-electron chi connectivity index (χ1n) is 6.71. The number of pyridine rings is 1. The molecule has 0 aliphatic heterocycles. The van der Waals surface area contributed by atoms with E-state index in [4.69, 9.17) is 5.73 Å². The minimum Gasteiger partial charge on any atom is -0.381 e. The fraction of sp³-hybridized carbons (Fsp3) is 0.429. The van der Waals surface area contributed by atoms with E-state index >= 15 is 0 Å². The summed E-state index contributed by atoms with van der Waals surface area (Å²) in [5.41, 5.74) is 6.97. The van der Waals surface area contributed by atoms with Crippen LogP contribution in [0.25, 0.3) is 5.82 Å². The Balaban J connectivity index is 1.71. The molecule has 0 bridgehead atoms. The molecular formula is C14H19N5. The van der Waals surface area contributed by atoms with Crippen molar-refractivity contribution in [1.29, 1.82) is 0 Å². The first-order chi connectivity index (χ1) is 9.22. The van der Waals surface area contributed by atoms with Crippen LogP contribution in [-0.4, -0.2) is 26.6 Å². The summed E-state index contributed by atoms with van der Waals surface area (Å²) in [4.78, 5) is 8.67. The summed E-state index contributed by atoms with van der Waals surface area (Å²) in [6, 6.07) is 4.90. The topological polar surface area (TPSA) is 68.8 Å². The standard InChI is InChI=1S/C14H19N5/c1-10-16-6-7-19(10)14-5-4-13(9-17-14)18-12-3-2-11(15)8-12/h4-7,9,11-12,18H,2-3,8,15H2,1H3. The average Bonchev–Trinajstić information content (AvgIpc) is 3.00. The number of aromatic nitrogens is 3. The molecule has 2 aromatic rings. The third-order valence-corrected chi connectivity index (χ3v) is 3.66. The Morgan fingerprint density at radius 2 is 2.21 bits per heavy atom. The van der Waals surface area contributed by atoms with Crippen LogP contribution in [0.3, 0.4) is 0 Å². The molecule has 1 aliphatic carbocycles. The largest absolute Gasteiger partial charge is 0.381 e. The monoisotopic (exact) mass is 257 g/mol. The van der Waals surface area contributed by atoms with Gasteiger partial charge in [0.2, 0.25) is 0 Å². The molecule has 0 saturated heterocycles. The molecule has 3 rings (SSSR count). The van der Waals surface area contributed by atoms with Gasteiger partial charge in [0, 0.05) is 24.5 Å². The molecule has 0 radical (unpaired) electrons. The van der Waals surface area contributed by atoms with Gasteiger partial charge in [0.1, 0.15) is 11.6 Å². The molecule has 1 aliphatic rings. The average molecular weight is 257 g/mol. The molecule has 100 valence electrons. The van der Waals surface area contributed by atoms with Crippen molar-refractivity contribution < 1.29 is 0 Å². The quantitative estimate of drug-likeness (QED) is 0.880. The maximum Gasteiger partial charge on any atom is 0.138 e. The summed E-state index contributed by atoms with van der Waals surface area (Å²) in [7, 11) is 0. The molecule has 2 unspecified atom stereocenters. The van der Waals surface area contributed by atoms with E-state index in [2.05, 4.69) is 21.4 Å². The third kappa shape index (κ3) is 2.61. The lowest BCUT2D eigenvalue weighted by Gasteiger charge is -2.14. The molecule has 5 heteroatoms. The van der Waals surface area contributed by atoms with Crippen molar-refractivity contribution in [2.24, 2.45) is 5.73 Å². The highest BCUT2D eigenvalue weighted by atomic mass is 15.1. The number of nitrogens with zero attached hydrogens (tertiary/aromatic N) is 3. The highest BCUT2D eigenvalue weighted by molar-refractivity contribution is 5.45. The van der Waals surface area contributed by atoms with Crippen LogP contribution in [0.15, 0.2) is 30.7 Å². The molecule has 2 atom stereocenters. The van der Waals surface area contributed by atoms with Gasteiger partial charge in [-0.25, -0.2) is 9.97 Å². The number of imidazole rings is 1. The minimum atomic E-state index is 0.346. The predicted octanol–water partition coefficient (Wildman–Crippen LogP) is 1.87. The summed E-state index contributed by atoms with van der Waals surface area (Å²) in [5, 5.41) is 3.49. The van der Waals surface area contributed by atoms with E-state index in [0.29, 0.717) is 12.1 Å². The SMILES string of the molecule is Cc1nccn1-c1ccc(NC2CCC(N)C2)cn1. The van der Waals surface area contributed by atoms with Gasteiger partial charge in [-0.2, -0.15) is 0 Å². The molecule has 1 fully saturated rings. The summed E-state index contributed by atoms with van der Waals surface area (Å²) < 4.78 is 1.97. The maximum absolute atomic E-state index is 5.92. The van der Waals surface area contributed by atoms with E-state index in [1.807, 2.05) is 30.0 Å². The second kappa shape index (κ2) is 5.01. The number of rotatable bonds is 3. The number of nitrogens with one attached hydrogen (secondary N) is 1. The van der Waals surface area contributed by atoms with Crippen LogP contribution in [0.4, 0.5) is 5.69 Å². The normalized spacial score (nSPS) is 22.6. The lowest BCUT2D eigenvalue weighted by atomic mass is 10.2. The van der Waals surface area contributed by atoms with Crippen LogP contribution in [0.5, 0.6) is 0 Å². The number of aryl methyl sites for hydroxylation is 1. The van der Waals surface area contributed by atoms with Crippen molar-refractivity contribution in [3.63, 3.8) is 0 Å². The van der Waals surface area contributed by atoms with Crippen molar-refractivity contribution in [3.05, 3.63) is 36.5 Å². The van der Waals surface area contributed by atoms with Crippen molar-refractivity contribution >= 4 is 5.69 Å². The van der Waals surface area contributed by atoms with E-state index in [9.17, 15) is 0 Å². The van der Waals surface area contributed by atoms with E-state index < -0.39 is 0 Å². The zero-order chi connectivity index (χ0) is 13.2. The molecule has 0 amide bonds. The van der Waals surface area contributed by atoms with Crippen molar-refractivity contribution in [1.82, 2.24) is 14.5 Å². The lowest BCUT2D eigenvalue weighted by molar-refractivity contribution is 0.687. The van der Waals surface area contributed by atoms with Crippen LogP contribution in [-0.2, 0) is 0 Å². The minimum absolute atomic E-state index is 0.346. The van der Waals surface area contributed by atoms with Crippen LogP contribution in [0.2, 0.25) is 0 Å². The zero-order valence-corrected chi connectivity index (χ0v) is 11.1. The maximum atomic E-state index is 5.92. The molecule has 2 aromatic heterocycles. The number of hydrogen-bond acceptors (Lipinski definition) is 4. The number of hydrogen-bond donors (Lipinski definition) is 2. The van der Waals surface area contributed by atoms with Gasteiger partial charge in [0.25, 0.3) is 0 Å². The smallest absolute Gasteiger partial charge is 0.138 e. The van der Waals surface area contributed by atoms with Gasteiger partial charge in [-0.05, 0) is 38.3 Å². The Hall–Kier alpha value is -1.88. The fourth-order valence-electron chi connectivity index (χ4n) is 2.62. The van der Waals surface area contributed by atoms with Gasteiger partial charge < -0.3 is 11.1 Å². The molecule has 1 saturated carbocycles. The van der Waals surface area contributed by atoms with E-state index in [-0.39, 0.29) is 0 Å². The summed E-state index contributed by atoms with van der Waals surface area (Å²) in [5.74, 6) is 1.83. The molecule has 0 aromatic carbocycles. The number of nitrogens with two attached hydrogens (primary N) is 1. The molecule has 2 heterocycles. The Kier molecular flexibility index (Phi) is 3.21. The summed E-state index contributed by atoms with van der Waals surface area (Å²) in [6.45, 7) is 1.97. The summed E-state index contributed by atoms with van der Waals surface area (Å²) >= 11 is 0. The van der Waals surface area contributed by atoms with Gasteiger partial charge in [-0.1, -0.05) is 0 Å². The zero-order valence-electron chi connectivity index (χ0n) is 11.1. The lowest BCUT2D eigenvalue weighted by Crippen LogP contribution is -2.20. The molecule has 3 N–H and O–H groups in total. The second-order valence-corrected chi connectivity index (χ2v) is 5.16. The Morgan fingerprint density at radius 3 is 2.79 bits per heavy atom. The first-order valence-corrected chi connectivity index (χ1v) is 6.71. The van der Waals surface area contributed by atoms with Gasteiger partial charge in [-0.3, -0.25) is 4.57 Å². The third-order valence-electron chi connectivity index (χ3n) is 3.66. The second-order valence-electron chi connectivity index (χ2n) is 5.16. The predicted molar refractivity (Wildman–Crippen MR) is 75.3 cm³/mol. The van der Waals surface area contributed by atoms with Gasteiger partial charge in [0.15, 0.2) is 0 Å². The van der Waals surface area contributed by atoms with Gasteiger partial charge in [-0.15, -0.1) is 0 Å². The van der Waals surface area contributed by atoms with Crippen LogP contribution < -0.4 is 11.1 Å². The molecule has 0 spiro atoms. The summed E-state index contributed by atoms with van der Waals surface area (Å²) in [6.07, 6.45) is 8.87.